The van der Waals surface area contributed by atoms with Gasteiger partial charge in [0.1, 0.15) is 0 Å². The van der Waals surface area contributed by atoms with Gasteiger partial charge in [-0.3, -0.25) is 5.41 Å². The van der Waals surface area contributed by atoms with Gasteiger partial charge in [0.15, 0.2) is 5.96 Å². The van der Waals surface area contributed by atoms with Crippen LogP contribution >= 0.6 is 0 Å². The number of rotatable bonds is 2. The van der Waals surface area contributed by atoms with E-state index in [-0.39, 0.29) is 0 Å². The molecule has 0 fully saturated rings. The number of hydrazone groups is 2. The molecule has 7 nitrogen and oxygen atoms in total. The van der Waals surface area contributed by atoms with Gasteiger partial charge in [0, 0.05) is 41.3 Å². The van der Waals surface area contributed by atoms with Crippen molar-refractivity contribution in [3.05, 3.63) is 23.3 Å². The van der Waals surface area contributed by atoms with Crippen molar-refractivity contribution in [2.75, 3.05) is 41.3 Å². The van der Waals surface area contributed by atoms with Crippen LogP contribution in [0.3, 0.4) is 0 Å². The third-order valence-corrected chi connectivity index (χ3v) is 10.0. The van der Waals surface area contributed by atoms with E-state index in [4.69, 9.17) is 10.5 Å². The van der Waals surface area contributed by atoms with Crippen LogP contribution in [0.4, 0.5) is 0 Å². The first-order valence-electron chi connectivity index (χ1n) is 20.4. The van der Waals surface area contributed by atoms with Crippen LogP contribution in [0.5, 0.6) is 0 Å². The predicted molar refractivity (Wildman–Crippen MR) is 211 cm³/mol. The SMILES string of the molecule is C1=C(C2=NNCCCCCC2)CCCCCCC1.C1=C(C2=NNCCCCCCCC2)CCCCCCCCC1.CN(C)C(=N)N(C)C. The molecule has 276 valence electrons. The summed E-state index contributed by atoms with van der Waals surface area (Å²) in [4.78, 5) is 3.50. The normalized spacial score (nSPS) is 21.4. The van der Waals surface area contributed by atoms with Crippen LogP contribution in [-0.2, 0) is 0 Å². The average molecular weight is 668 g/mol. The molecular formula is C41H77N7. The van der Waals surface area contributed by atoms with E-state index >= 15 is 0 Å². The summed E-state index contributed by atoms with van der Waals surface area (Å²) >= 11 is 0. The van der Waals surface area contributed by atoms with Crippen LogP contribution in [0.2, 0.25) is 0 Å². The van der Waals surface area contributed by atoms with Gasteiger partial charge in [-0.15, -0.1) is 0 Å². The van der Waals surface area contributed by atoms with E-state index < -0.39 is 0 Å². The molecule has 0 atom stereocenters. The summed E-state index contributed by atoms with van der Waals surface area (Å²) < 4.78 is 0. The molecule has 0 bridgehead atoms. The summed E-state index contributed by atoms with van der Waals surface area (Å²) in [7, 11) is 7.40. The molecule has 0 spiro atoms. The maximum atomic E-state index is 7.25. The fraction of sp³-hybridized carbons (Fsp3) is 0.829. The van der Waals surface area contributed by atoms with Gasteiger partial charge >= 0.3 is 0 Å². The Morgan fingerprint density at radius 1 is 0.458 bits per heavy atom. The van der Waals surface area contributed by atoms with Gasteiger partial charge in [-0.2, -0.15) is 10.2 Å². The first kappa shape index (κ1) is 41.9. The maximum Gasteiger partial charge on any atom is 0.192 e. The van der Waals surface area contributed by atoms with Gasteiger partial charge in [0.2, 0.25) is 0 Å². The molecule has 7 heteroatoms. The highest BCUT2D eigenvalue weighted by Gasteiger charge is 2.11. The minimum absolute atomic E-state index is 0.519. The maximum absolute atomic E-state index is 7.25. The van der Waals surface area contributed by atoms with Gasteiger partial charge in [-0.25, -0.2) is 0 Å². The summed E-state index contributed by atoms with van der Waals surface area (Å²) in [6.45, 7) is 2.10. The molecule has 2 aliphatic carbocycles. The molecule has 0 saturated heterocycles. The Labute approximate surface area is 297 Å². The van der Waals surface area contributed by atoms with Crippen LogP contribution in [-0.4, -0.2) is 68.5 Å². The monoisotopic (exact) mass is 668 g/mol. The zero-order valence-electron chi connectivity index (χ0n) is 32.2. The van der Waals surface area contributed by atoms with Crippen molar-refractivity contribution in [3.63, 3.8) is 0 Å². The minimum atomic E-state index is 0.519. The van der Waals surface area contributed by atoms with Crippen LogP contribution < -0.4 is 10.9 Å². The summed E-state index contributed by atoms with van der Waals surface area (Å²) in [5.74, 6) is 0.519. The highest BCUT2D eigenvalue weighted by Crippen LogP contribution is 2.22. The lowest BCUT2D eigenvalue weighted by Gasteiger charge is -2.19. The quantitative estimate of drug-likeness (QED) is 0.202. The number of allylic oxidation sites excluding steroid dienone is 4. The summed E-state index contributed by atoms with van der Waals surface area (Å²) in [6, 6.07) is 0. The van der Waals surface area contributed by atoms with E-state index in [1.165, 1.54) is 191 Å². The second kappa shape index (κ2) is 28.5. The van der Waals surface area contributed by atoms with Gasteiger partial charge in [-0.05, 0) is 101 Å². The van der Waals surface area contributed by atoms with Crippen molar-refractivity contribution >= 4 is 17.4 Å². The van der Waals surface area contributed by atoms with Crippen molar-refractivity contribution in [2.24, 2.45) is 10.2 Å². The van der Waals surface area contributed by atoms with Crippen LogP contribution in [0.1, 0.15) is 180 Å². The Bertz CT molecular complexity index is 872. The van der Waals surface area contributed by atoms with E-state index in [1.54, 1.807) is 20.9 Å². The van der Waals surface area contributed by atoms with Crippen LogP contribution in [0.25, 0.3) is 0 Å². The lowest BCUT2D eigenvalue weighted by molar-refractivity contribution is 0.478. The van der Waals surface area contributed by atoms with Crippen molar-refractivity contribution in [1.29, 1.82) is 5.41 Å². The van der Waals surface area contributed by atoms with Crippen molar-refractivity contribution in [2.45, 2.75) is 180 Å². The zero-order valence-corrected chi connectivity index (χ0v) is 32.2. The molecule has 0 aromatic heterocycles. The molecule has 4 aliphatic rings. The van der Waals surface area contributed by atoms with E-state index in [0.29, 0.717) is 5.96 Å². The lowest BCUT2D eigenvalue weighted by Crippen LogP contribution is -2.34. The minimum Gasteiger partial charge on any atom is -0.349 e. The van der Waals surface area contributed by atoms with E-state index in [9.17, 15) is 0 Å². The van der Waals surface area contributed by atoms with Gasteiger partial charge in [0.25, 0.3) is 0 Å². The summed E-state index contributed by atoms with van der Waals surface area (Å²) in [5, 5.41) is 16.7. The average Bonchev–Trinajstić information content (AvgIpc) is 3.24. The lowest BCUT2D eigenvalue weighted by atomic mass is 9.97. The molecule has 4 rings (SSSR count). The molecule has 2 heterocycles. The third-order valence-electron chi connectivity index (χ3n) is 10.0. The first-order valence-corrected chi connectivity index (χ1v) is 20.4. The second-order valence-electron chi connectivity index (χ2n) is 14.9. The van der Waals surface area contributed by atoms with Crippen LogP contribution in [0, 0.1) is 5.41 Å². The molecule has 48 heavy (non-hydrogen) atoms. The van der Waals surface area contributed by atoms with E-state index in [1.807, 2.05) is 28.2 Å². The fourth-order valence-electron chi connectivity index (χ4n) is 6.95. The van der Waals surface area contributed by atoms with Gasteiger partial charge in [0.05, 0.1) is 11.4 Å². The Kier molecular flexibility index (Phi) is 24.9. The van der Waals surface area contributed by atoms with Crippen LogP contribution in [0.15, 0.2) is 33.5 Å². The van der Waals surface area contributed by atoms with E-state index in [2.05, 4.69) is 28.1 Å². The molecule has 0 aromatic rings. The standard InChI is InChI=1S/C20H36N2.C16H28N2.C5H13N3/c1-2-4-8-12-16-19(15-11-7-3-1)20-17-13-9-5-6-10-14-18-21-22-20;1-2-4-8-12-15(11-7-3-1)16-13-9-5-6-10-14-17-18-16;1-7(2)5(6)8(3)4/h15,21H,1-14,16-18H2;11,17H,1-10,12-14H2;6H,1-4H3. The molecule has 3 N–H and O–H groups in total. The summed E-state index contributed by atoms with van der Waals surface area (Å²) in [5.41, 5.74) is 12.5. The van der Waals surface area contributed by atoms with Gasteiger partial charge in [-0.1, -0.05) is 102 Å². The smallest absolute Gasteiger partial charge is 0.192 e. The molecule has 2 aliphatic heterocycles. The Morgan fingerprint density at radius 3 is 1.12 bits per heavy atom. The highest BCUT2D eigenvalue weighted by atomic mass is 15.3. The number of nitrogens with zero attached hydrogens (tertiary/aromatic N) is 4. The molecule has 0 radical (unpaired) electrons. The summed E-state index contributed by atoms with van der Waals surface area (Å²) in [6.07, 6.45) is 42.6. The van der Waals surface area contributed by atoms with Gasteiger partial charge < -0.3 is 20.7 Å². The topological polar surface area (TPSA) is 79.1 Å². The van der Waals surface area contributed by atoms with Crippen molar-refractivity contribution in [3.8, 4) is 0 Å². The molecule has 0 aromatic carbocycles. The van der Waals surface area contributed by atoms with Crippen molar-refractivity contribution < 1.29 is 0 Å². The Hall–Kier alpha value is -2.31. The zero-order chi connectivity index (χ0) is 34.5. The highest BCUT2D eigenvalue weighted by molar-refractivity contribution is 6.00. The predicted octanol–water partition coefficient (Wildman–Crippen LogP) is 10.7. The number of guanidine groups is 1. The first-order chi connectivity index (χ1) is 23.5. The number of hydrogen-bond donors (Lipinski definition) is 3. The Balaban J connectivity index is 0.000000277. The largest absolute Gasteiger partial charge is 0.349 e. The second-order valence-corrected chi connectivity index (χ2v) is 14.9. The van der Waals surface area contributed by atoms with E-state index in [0.717, 1.165) is 13.1 Å². The Morgan fingerprint density at radius 2 is 0.771 bits per heavy atom. The molecule has 0 amide bonds. The third kappa shape index (κ3) is 20.9. The number of nitrogens with one attached hydrogen (secondary N) is 3. The fourth-order valence-corrected chi connectivity index (χ4v) is 6.95. The number of hydrogen-bond acceptors (Lipinski definition) is 5. The molecule has 0 unspecified atom stereocenters. The molecular weight excluding hydrogens is 591 g/mol. The molecule has 0 saturated carbocycles. The van der Waals surface area contributed by atoms with Crippen molar-refractivity contribution in [1.82, 2.24) is 20.7 Å².